The molecule has 2 aromatic rings. The van der Waals surface area contributed by atoms with E-state index in [0.29, 0.717) is 5.82 Å². The second-order valence-electron chi connectivity index (χ2n) is 6.10. The summed E-state index contributed by atoms with van der Waals surface area (Å²) in [6.07, 6.45) is 5.75. The van der Waals surface area contributed by atoms with Crippen LogP contribution in [0.4, 0.5) is 5.82 Å². The smallest absolute Gasteiger partial charge is 0.260 e. The minimum atomic E-state index is 0.0696. The van der Waals surface area contributed by atoms with Crippen LogP contribution in [0, 0.1) is 5.92 Å². The zero-order valence-corrected chi connectivity index (χ0v) is 12.0. The molecule has 1 heterocycles. The SMILES string of the molecule is CC1CCCC(n2c(N)cc3ccccc3c2=O)CC1. The van der Waals surface area contributed by atoms with Gasteiger partial charge in [0.25, 0.3) is 5.56 Å². The zero-order chi connectivity index (χ0) is 14.1. The van der Waals surface area contributed by atoms with Crippen molar-refractivity contribution in [2.24, 2.45) is 5.92 Å². The van der Waals surface area contributed by atoms with Crippen molar-refractivity contribution in [3.05, 3.63) is 40.7 Å². The average molecular weight is 270 g/mol. The summed E-state index contributed by atoms with van der Waals surface area (Å²) in [4.78, 5) is 12.7. The van der Waals surface area contributed by atoms with Gasteiger partial charge in [-0.05, 0) is 42.7 Å². The van der Waals surface area contributed by atoms with E-state index in [1.54, 1.807) is 0 Å². The lowest BCUT2D eigenvalue weighted by molar-refractivity contribution is 0.429. The molecule has 1 saturated carbocycles. The fourth-order valence-corrected chi connectivity index (χ4v) is 3.40. The third kappa shape index (κ3) is 2.33. The van der Waals surface area contributed by atoms with Crippen LogP contribution in [0.5, 0.6) is 0 Å². The molecule has 0 aliphatic heterocycles. The van der Waals surface area contributed by atoms with Gasteiger partial charge in [-0.3, -0.25) is 9.36 Å². The molecular weight excluding hydrogens is 248 g/mol. The fraction of sp³-hybridized carbons (Fsp3) is 0.471. The molecule has 2 atom stereocenters. The van der Waals surface area contributed by atoms with Gasteiger partial charge in [-0.15, -0.1) is 0 Å². The van der Waals surface area contributed by atoms with Crippen LogP contribution in [0.2, 0.25) is 0 Å². The van der Waals surface area contributed by atoms with Gasteiger partial charge in [0, 0.05) is 11.4 Å². The van der Waals surface area contributed by atoms with Crippen molar-refractivity contribution in [2.75, 3.05) is 5.73 Å². The molecule has 20 heavy (non-hydrogen) atoms. The van der Waals surface area contributed by atoms with Crippen LogP contribution in [0.1, 0.15) is 45.1 Å². The highest BCUT2D eigenvalue weighted by atomic mass is 16.1. The highest BCUT2D eigenvalue weighted by Crippen LogP contribution is 2.31. The number of benzene rings is 1. The Morgan fingerprint density at radius 3 is 2.80 bits per heavy atom. The van der Waals surface area contributed by atoms with Gasteiger partial charge in [0.2, 0.25) is 0 Å². The van der Waals surface area contributed by atoms with Crippen molar-refractivity contribution in [3.63, 3.8) is 0 Å². The zero-order valence-electron chi connectivity index (χ0n) is 12.0. The number of anilines is 1. The molecule has 2 unspecified atom stereocenters. The first-order valence-corrected chi connectivity index (χ1v) is 7.56. The lowest BCUT2D eigenvalue weighted by Crippen LogP contribution is -2.27. The van der Waals surface area contributed by atoms with E-state index in [9.17, 15) is 4.79 Å². The quantitative estimate of drug-likeness (QED) is 0.803. The van der Waals surface area contributed by atoms with Crippen molar-refractivity contribution in [3.8, 4) is 0 Å². The van der Waals surface area contributed by atoms with Gasteiger partial charge in [0.05, 0.1) is 0 Å². The summed E-state index contributed by atoms with van der Waals surface area (Å²) in [5.41, 5.74) is 6.24. The molecule has 1 aliphatic carbocycles. The molecule has 1 fully saturated rings. The number of hydrogen-bond donors (Lipinski definition) is 1. The summed E-state index contributed by atoms with van der Waals surface area (Å²) in [6.45, 7) is 2.30. The fourth-order valence-electron chi connectivity index (χ4n) is 3.40. The van der Waals surface area contributed by atoms with Gasteiger partial charge >= 0.3 is 0 Å². The molecule has 3 nitrogen and oxygen atoms in total. The van der Waals surface area contributed by atoms with E-state index in [1.807, 2.05) is 34.9 Å². The highest BCUT2D eigenvalue weighted by Gasteiger charge is 2.20. The first-order valence-electron chi connectivity index (χ1n) is 7.56. The van der Waals surface area contributed by atoms with Crippen molar-refractivity contribution >= 4 is 16.6 Å². The maximum absolute atomic E-state index is 12.7. The summed E-state index contributed by atoms with van der Waals surface area (Å²) in [7, 11) is 0. The molecule has 1 aliphatic rings. The molecule has 0 spiro atoms. The largest absolute Gasteiger partial charge is 0.385 e. The van der Waals surface area contributed by atoms with Gasteiger partial charge in [0.15, 0.2) is 0 Å². The number of fused-ring (bicyclic) bond motifs is 1. The topological polar surface area (TPSA) is 48.0 Å². The molecule has 0 saturated heterocycles. The average Bonchev–Trinajstić information content (AvgIpc) is 2.64. The number of rotatable bonds is 1. The van der Waals surface area contributed by atoms with E-state index in [2.05, 4.69) is 6.92 Å². The number of hydrogen-bond acceptors (Lipinski definition) is 2. The van der Waals surface area contributed by atoms with Crippen LogP contribution in [0.25, 0.3) is 10.8 Å². The van der Waals surface area contributed by atoms with Crippen LogP contribution in [0.3, 0.4) is 0 Å². The van der Waals surface area contributed by atoms with E-state index in [4.69, 9.17) is 5.73 Å². The van der Waals surface area contributed by atoms with E-state index in [1.165, 1.54) is 19.3 Å². The minimum Gasteiger partial charge on any atom is -0.385 e. The standard InChI is InChI=1S/C17H22N2O/c1-12-5-4-7-14(10-9-12)19-16(18)11-13-6-2-3-8-15(13)17(19)20/h2-3,6,8,11-12,14H,4-5,7,9-10,18H2,1H3. The van der Waals surface area contributed by atoms with Crippen LogP contribution in [-0.2, 0) is 0 Å². The van der Waals surface area contributed by atoms with Crippen LogP contribution < -0.4 is 11.3 Å². The third-order valence-corrected chi connectivity index (χ3v) is 4.58. The molecule has 0 radical (unpaired) electrons. The first kappa shape index (κ1) is 13.2. The first-order chi connectivity index (χ1) is 9.66. The minimum absolute atomic E-state index is 0.0696. The molecule has 0 amide bonds. The Morgan fingerprint density at radius 2 is 1.95 bits per heavy atom. The van der Waals surface area contributed by atoms with Crippen LogP contribution in [0.15, 0.2) is 35.1 Å². The summed E-state index contributed by atoms with van der Waals surface area (Å²) in [5.74, 6) is 1.37. The molecule has 1 aromatic carbocycles. The number of pyridine rings is 1. The van der Waals surface area contributed by atoms with E-state index in [-0.39, 0.29) is 11.6 Å². The predicted molar refractivity (Wildman–Crippen MR) is 83.9 cm³/mol. The number of nitrogens with two attached hydrogens (primary N) is 1. The lowest BCUT2D eigenvalue weighted by atomic mass is 10.0. The van der Waals surface area contributed by atoms with E-state index < -0.39 is 0 Å². The van der Waals surface area contributed by atoms with Gasteiger partial charge in [-0.1, -0.05) is 38.0 Å². The summed E-state index contributed by atoms with van der Waals surface area (Å²) in [6, 6.07) is 9.90. The molecule has 0 bridgehead atoms. The Bertz CT molecular complexity index is 674. The summed E-state index contributed by atoms with van der Waals surface area (Å²) < 4.78 is 1.83. The Balaban J connectivity index is 2.09. The van der Waals surface area contributed by atoms with Crippen LogP contribution >= 0.6 is 0 Å². The number of nitrogens with zero attached hydrogens (tertiary/aromatic N) is 1. The molecule has 3 rings (SSSR count). The molecular formula is C17H22N2O. The monoisotopic (exact) mass is 270 g/mol. The Labute approximate surface area is 119 Å². The Kier molecular flexibility index (Phi) is 3.51. The summed E-state index contributed by atoms with van der Waals surface area (Å²) in [5, 5.41) is 1.72. The normalized spacial score (nSPS) is 23.6. The van der Waals surface area contributed by atoms with Gasteiger partial charge in [-0.2, -0.15) is 0 Å². The van der Waals surface area contributed by atoms with E-state index >= 15 is 0 Å². The van der Waals surface area contributed by atoms with Gasteiger partial charge in [0.1, 0.15) is 5.82 Å². The Hall–Kier alpha value is -1.77. The highest BCUT2D eigenvalue weighted by molar-refractivity contribution is 5.83. The second kappa shape index (κ2) is 5.31. The van der Waals surface area contributed by atoms with E-state index in [0.717, 1.165) is 29.5 Å². The molecule has 106 valence electrons. The van der Waals surface area contributed by atoms with Crippen LogP contribution in [-0.4, -0.2) is 4.57 Å². The molecule has 2 N–H and O–H groups in total. The third-order valence-electron chi connectivity index (χ3n) is 4.58. The van der Waals surface area contributed by atoms with Crippen molar-refractivity contribution < 1.29 is 0 Å². The lowest BCUT2D eigenvalue weighted by Gasteiger charge is -2.21. The maximum Gasteiger partial charge on any atom is 0.260 e. The van der Waals surface area contributed by atoms with Crippen molar-refractivity contribution in [2.45, 2.75) is 45.1 Å². The van der Waals surface area contributed by atoms with Gasteiger partial charge in [-0.25, -0.2) is 0 Å². The number of aromatic nitrogens is 1. The predicted octanol–water partition coefficient (Wildman–Crippen LogP) is 3.73. The summed E-state index contributed by atoms with van der Waals surface area (Å²) >= 11 is 0. The van der Waals surface area contributed by atoms with Crippen molar-refractivity contribution in [1.82, 2.24) is 4.57 Å². The molecule has 1 aromatic heterocycles. The second-order valence-corrected chi connectivity index (χ2v) is 6.10. The number of nitrogen functional groups attached to an aromatic ring is 1. The maximum atomic E-state index is 12.7. The van der Waals surface area contributed by atoms with Crippen molar-refractivity contribution in [1.29, 1.82) is 0 Å². The molecule has 3 heteroatoms. The van der Waals surface area contributed by atoms with Gasteiger partial charge < -0.3 is 5.73 Å². The Morgan fingerprint density at radius 1 is 1.15 bits per heavy atom.